The van der Waals surface area contributed by atoms with Crippen LogP contribution in [0.25, 0.3) is 0 Å². The maximum Gasteiger partial charge on any atom is 0.167 e. The number of ether oxygens (including phenoxy) is 2. The van der Waals surface area contributed by atoms with E-state index in [1.807, 2.05) is 11.8 Å². The molecule has 120 valence electrons. The number of ketones is 1. The average molecular weight is 312 g/mol. The average Bonchev–Trinajstić information content (AvgIpc) is 2.95. The van der Waals surface area contributed by atoms with E-state index >= 15 is 0 Å². The van der Waals surface area contributed by atoms with Gasteiger partial charge < -0.3 is 9.47 Å². The quantitative estimate of drug-likeness (QED) is 0.799. The van der Waals surface area contributed by atoms with Crippen LogP contribution >= 0.6 is 11.8 Å². The van der Waals surface area contributed by atoms with E-state index in [0.717, 1.165) is 63.2 Å². The minimum Gasteiger partial charge on any atom is -0.374 e. The highest BCUT2D eigenvalue weighted by Crippen LogP contribution is 2.44. The Morgan fingerprint density at radius 1 is 1.24 bits per heavy atom. The van der Waals surface area contributed by atoms with E-state index in [1.54, 1.807) is 7.11 Å². The van der Waals surface area contributed by atoms with Crippen LogP contribution < -0.4 is 0 Å². The van der Waals surface area contributed by atoms with Crippen molar-refractivity contribution in [2.45, 2.75) is 63.1 Å². The lowest BCUT2D eigenvalue weighted by Gasteiger charge is -2.43. The third-order valence-corrected chi connectivity index (χ3v) is 7.08. The van der Waals surface area contributed by atoms with E-state index in [-0.39, 0.29) is 11.5 Å². The fourth-order valence-electron chi connectivity index (χ4n) is 4.27. The summed E-state index contributed by atoms with van der Waals surface area (Å²) in [5.74, 6) is 3.48. The molecular weight excluding hydrogens is 284 g/mol. The fourth-order valence-corrected chi connectivity index (χ4v) is 5.64. The maximum atomic E-state index is 13.2. The van der Waals surface area contributed by atoms with Crippen LogP contribution in [0, 0.1) is 11.8 Å². The van der Waals surface area contributed by atoms with Gasteiger partial charge in [0.15, 0.2) is 5.78 Å². The van der Waals surface area contributed by atoms with Gasteiger partial charge in [-0.25, -0.2) is 0 Å². The Morgan fingerprint density at radius 3 is 2.62 bits per heavy atom. The zero-order valence-corrected chi connectivity index (χ0v) is 14.2. The maximum absolute atomic E-state index is 13.2. The molecule has 3 aliphatic rings. The SMILES string of the molecule is COC1(C(=O)C2CCOC3(CCSC3)C2)CCC(C)CC1. The van der Waals surface area contributed by atoms with Gasteiger partial charge >= 0.3 is 0 Å². The molecule has 2 atom stereocenters. The standard InChI is InChI=1S/C17H28O3S/c1-13-3-6-17(19-2,7-4-13)15(18)14-5-9-20-16(11-14)8-10-21-12-16/h13-14H,3-12H2,1-2H3. The Balaban J connectivity index is 1.71. The lowest BCUT2D eigenvalue weighted by Crippen LogP contribution is -2.51. The molecule has 2 heterocycles. The summed E-state index contributed by atoms with van der Waals surface area (Å²) in [6, 6.07) is 0. The summed E-state index contributed by atoms with van der Waals surface area (Å²) in [5, 5.41) is 0. The van der Waals surface area contributed by atoms with Gasteiger partial charge in [-0.15, -0.1) is 0 Å². The van der Waals surface area contributed by atoms with Crippen LogP contribution in [0.2, 0.25) is 0 Å². The number of Topliss-reactive ketones (excluding diaryl/α,β-unsaturated/α-hetero) is 1. The number of carbonyl (C=O) groups excluding carboxylic acids is 1. The van der Waals surface area contributed by atoms with Gasteiger partial charge in [-0.1, -0.05) is 6.92 Å². The second kappa shape index (κ2) is 6.21. The molecule has 4 heteroatoms. The van der Waals surface area contributed by atoms with Crippen LogP contribution in [-0.4, -0.2) is 42.2 Å². The van der Waals surface area contributed by atoms with Gasteiger partial charge in [0.25, 0.3) is 0 Å². The van der Waals surface area contributed by atoms with E-state index < -0.39 is 5.60 Å². The van der Waals surface area contributed by atoms with Crippen molar-refractivity contribution in [3.8, 4) is 0 Å². The van der Waals surface area contributed by atoms with E-state index in [4.69, 9.17) is 9.47 Å². The third-order valence-electron chi connectivity index (χ3n) is 5.85. The zero-order valence-electron chi connectivity index (χ0n) is 13.4. The summed E-state index contributed by atoms with van der Waals surface area (Å²) in [7, 11) is 1.73. The smallest absolute Gasteiger partial charge is 0.167 e. The second-order valence-electron chi connectivity index (χ2n) is 7.27. The third kappa shape index (κ3) is 3.04. The Kier molecular flexibility index (Phi) is 4.68. The molecule has 3 fully saturated rings. The van der Waals surface area contributed by atoms with Crippen LogP contribution in [-0.2, 0) is 14.3 Å². The van der Waals surface area contributed by atoms with E-state index in [2.05, 4.69) is 6.92 Å². The van der Waals surface area contributed by atoms with Crippen molar-refractivity contribution in [2.75, 3.05) is 25.2 Å². The van der Waals surface area contributed by atoms with Crippen LogP contribution in [0.4, 0.5) is 0 Å². The predicted molar refractivity (Wildman–Crippen MR) is 85.7 cm³/mol. The lowest BCUT2D eigenvalue weighted by atomic mass is 9.71. The number of hydrogen-bond donors (Lipinski definition) is 0. The number of methoxy groups -OCH3 is 1. The first-order valence-electron chi connectivity index (χ1n) is 8.40. The van der Waals surface area contributed by atoms with Gasteiger partial charge in [-0.05, 0) is 56.6 Å². The summed E-state index contributed by atoms with van der Waals surface area (Å²) >= 11 is 1.97. The number of hydrogen-bond acceptors (Lipinski definition) is 4. The normalized spacial score (nSPS) is 44.1. The molecule has 3 nitrogen and oxygen atoms in total. The van der Waals surface area contributed by atoms with Gasteiger partial charge in [-0.3, -0.25) is 4.79 Å². The molecule has 1 saturated carbocycles. The number of carbonyl (C=O) groups is 1. The fraction of sp³-hybridized carbons (Fsp3) is 0.941. The van der Waals surface area contributed by atoms with Crippen LogP contribution in [0.3, 0.4) is 0 Å². The molecular formula is C17H28O3S. The zero-order chi connectivity index (χ0) is 14.9. The summed E-state index contributed by atoms with van der Waals surface area (Å²) in [6.45, 7) is 3.02. The van der Waals surface area contributed by atoms with Gasteiger partial charge in [-0.2, -0.15) is 11.8 Å². The molecule has 0 bridgehead atoms. The molecule has 3 rings (SSSR count). The van der Waals surface area contributed by atoms with E-state index in [1.165, 1.54) is 5.75 Å². The molecule has 0 radical (unpaired) electrons. The summed E-state index contributed by atoms with van der Waals surface area (Å²) in [4.78, 5) is 13.2. The molecule has 0 aromatic heterocycles. The van der Waals surface area contributed by atoms with Crippen molar-refractivity contribution in [3.63, 3.8) is 0 Å². The molecule has 1 spiro atoms. The highest BCUT2D eigenvalue weighted by Gasteiger charge is 2.49. The highest BCUT2D eigenvalue weighted by molar-refractivity contribution is 7.99. The van der Waals surface area contributed by atoms with Crippen molar-refractivity contribution in [2.24, 2.45) is 11.8 Å². The molecule has 0 amide bonds. The second-order valence-corrected chi connectivity index (χ2v) is 8.37. The molecule has 2 unspecified atom stereocenters. The molecule has 2 saturated heterocycles. The summed E-state index contributed by atoms with van der Waals surface area (Å²) in [6.07, 6.45) is 6.95. The van der Waals surface area contributed by atoms with Crippen molar-refractivity contribution in [1.82, 2.24) is 0 Å². The Bertz CT molecular complexity index is 381. The molecule has 1 aliphatic carbocycles. The largest absolute Gasteiger partial charge is 0.374 e. The highest BCUT2D eigenvalue weighted by atomic mass is 32.2. The topological polar surface area (TPSA) is 35.5 Å². The van der Waals surface area contributed by atoms with Crippen molar-refractivity contribution in [3.05, 3.63) is 0 Å². The summed E-state index contributed by atoms with van der Waals surface area (Å²) < 4.78 is 11.9. The van der Waals surface area contributed by atoms with E-state index in [9.17, 15) is 4.79 Å². The molecule has 0 N–H and O–H groups in total. The minimum absolute atomic E-state index is 0.0138. The molecule has 0 aromatic rings. The van der Waals surface area contributed by atoms with Crippen LogP contribution in [0.1, 0.15) is 51.9 Å². The van der Waals surface area contributed by atoms with E-state index in [0.29, 0.717) is 5.78 Å². The van der Waals surface area contributed by atoms with Crippen LogP contribution in [0.5, 0.6) is 0 Å². The Morgan fingerprint density at radius 2 is 2.00 bits per heavy atom. The van der Waals surface area contributed by atoms with Gasteiger partial charge in [0.05, 0.1) is 5.60 Å². The summed E-state index contributed by atoms with van der Waals surface area (Å²) in [5.41, 5.74) is -0.512. The number of thioether (sulfide) groups is 1. The minimum atomic E-state index is -0.499. The first-order chi connectivity index (χ1) is 10.1. The van der Waals surface area contributed by atoms with Crippen molar-refractivity contribution < 1.29 is 14.3 Å². The molecule has 21 heavy (non-hydrogen) atoms. The lowest BCUT2D eigenvalue weighted by molar-refractivity contribution is -0.159. The number of rotatable bonds is 3. The van der Waals surface area contributed by atoms with Crippen LogP contribution in [0.15, 0.2) is 0 Å². The van der Waals surface area contributed by atoms with Crippen molar-refractivity contribution >= 4 is 17.5 Å². The monoisotopic (exact) mass is 312 g/mol. The first kappa shape index (κ1) is 15.8. The Hall–Kier alpha value is -0.0600. The predicted octanol–water partition coefficient (Wildman–Crippen LogP) is 3.45. The van der Waals surface area contributed by atoms with Gasteiger partial charge in [0.1, 0.15) is 5.60 Å². The van der Waals surface area contributed by atoms with Gasteiger partial charge in [0, 0.05) is 25.4 Å². The molecule has 2 aliphatic heterocycles. The first-order valence-corrected chi connectivity index (χ1v) is 9.56. The van der Waals surface area contributed by atoms with Crippen molar-refractivity contribution in [1.29, 1.82) is 0 Å². The Labute approximate surface area is 132 Å². The molecule has 0 aromatic carbocycles. The van der Waals surface area contributed by atoms with Gasteiger partial charge in [0.2, 0.25) is 0 Å².